The molecule has 1 heterocycles. The molecule has 4 aliphatic carbocycles. The molecule has 0 aromatic heterocycles. The number of nitrogens with zero attached hydrogens (tertiary/aromatic N) is 1. The monoisotopic (exact) mass is 682 g/mol. The van der Waals surface area contributed by atoms with Crippen molar-refractivity contribution in [1.82, 2.24) is 10.2 Å². The van der Waals surface area contributed by atoms with E-state index >= 15 is 0 Å². The summed E-state index contributed by atoms with van der Waals surface area (Å²) in [6.45, 7) is 14.9. The lowest BCUT2D eigenvalue weighted by atomic mass is 9.44. The van der Waals surface area contributed by atoms with E-state index in [-0.39, 0.29) is 43.6 Å². The lowest BCUT2D eigenvalue weighted by molar-refractivity contribution is -0.149. The van der Waals surface area contributed by atoms with E-state index in [0.29, 0.717) is 42.1 Å². The Labute approximate surface area is 296 Å². The highest BCUT2D eigenvalue weighted by Gasteiger charge is 2.59. The van der Waals surface area contributed by atoms with Crippen LogP contribution in [0.5, 0.6) is 0 Å². The van der Waals surface area contributed by atoms with Crippen molar-refractivity contribution in [2.45, 2.75) is 144 Å². The number of allylic oxidation sites excluding steroid dienone is 2. The first-order valence-corrected chi connectivity index (χ1v) is 20.0. The molecule has 49 heavy (non-hydrogen) atoms. The number of esters is 1. The largest absolute Gasteiger partial charge is 0.465 e. The highest BCUT2D eigenvalue weighted by molar-refractivity contribution is 6.04. The fraction of sp³-hybridized carbons (Fsp3) is 0.854. The first-order chi connectivity index (χ1) is 23.4. The van der Waals surface area contributed by atoms with Crippen molar-refractivity contribution in [3.63, 3.8) is 0 Å². The van der Waals surface area contributed by atoms with Crippen molar-refractivity contribution < 1.29 is 28.7 Å². The Morgan fingerprint density at radius 1 is 0.980 bits per heavy atom. The van der Waals surface area contributed by atoms with Gasteiger partial charge in [-0.05, 0) is 124 Å². The van der Waals surface area contributed by atoms with Crippen molar-refractivity contribution >= 4 is 23.8 Å². The molecule has 5 rings (SSSR count). The average Bonchev–Trinajstić information content (AvgIpc) is 3.62. The highest BCUT2D eigenvalue weighted by atomic mass is 16.6. The number of hydrogen-bond donors (Lipinski definition) is 1. The molecule has 8 heteroatoms. The van der Waals surface area contributed by atoms with Gasteiger partial charge in [-0.2, -0.15) is 0 Å². The third-order valence-corrected chi connectivity index (χ3v) is 13.9. The summed E-state index contributed by atoms with van der Waals surface area (Å²) < 4.78 is 10.9. The molecule has 276 valence electrons. The zero-order valence-electron chi connectivity index (χ0n) is 31.5. The summed E-state index contributed by atoms with van der Waals surface area (Å²) in [6, 6.07) is 0. The predicted octanol–water partition coefficient (Wildman–Crippen LogP) is 8.27. The highest BCUT2D eigenvalue weighted by Crippen LogP contribution is 2.67. The number of Topliss-reactive ketones (excluding diaryl/α,β-unsaturated/α-hetero) is 1. The number of amides is 2. The number of ketones is 1. The first kappa shape index (κ1) is 37.9. The number of ether oxygens (including phenoxy) is 2. The van der Waals surface area contributed by atoms with Gasteiger partial charge in [-0.25, -0.2) is 4.79 Å². The summed E-state index contributed by atoms with van der Waals surface area (Å²) >= 11 is 0. The number of unbranched alkanes of at least 4 members (excludes halogenated alkanes) is 2. The van der Waals surface area contributed by atoms with Crippen molar-refractivity contribution in [2.24, 2.45) is 52.3 Å². The Balaban J connectivity index is 0.998. The number of rotatable bonds is 14. The van der Waals surface area contributed by atoms with Crippen LogP contribution in [0.4, 0.5) is 4.79 Å². The van der Waals surface area contributed by atoms with Crippen LogP contribution in [0.1, 0.15) is 138 Å². The van der Waals surface area contributed by atoms with Crippen molar-refractivity contribution in [3.05, 3.63) is 11.6 Å². The van der Waals surface area contributed by atoms with Crippen LogP contribution in [0.3, 0.4) is 0 Å². The summed E-state index contributed by atoms with van der Waals surface area (Å²) in [5, 5.41) is 2.94. The summed E-state index contributed by atoms with van der Waals surface area (Å²) in [4.78, 5) is 50.8. The fourth-order valence-corrected chi connectivity index (χ4v) is 11.1. The maximum Gasteiger partial charge on any atom is 0.407 e. The van der Waals surface area contributed by atoms with Crippen LogP contribution < -0.4 is 5.32 Å². The summed E-state index contributed by atoms with van der Waals surface area (Å²) in [5.41, 5.74) is 2.53. The normalized spacial score (nSPS) is 34.5. The van der Waals surface area contributed by atoms with Gasteiger partial charge in [0.1, 0.15) is 12.0 Å². The second-order valence-corrected chi connectivity index (χ2v) is 17.3. The third-order valence-electron chi connectivity index (χ3n) is 13.9. The summed E-state index contributed by atoms with van der Waals surface area (Å²) in [5.74, 6) is 2.79. The predicted molar refractivity (Wildman–Crippen MR) is 191 cm³/mol. The maximum atomic E-state index is 12.7. The van der Waals surface area contributed by atoms with Crippen LogP contribution in [0.2, 0.25) is 0 Å². The molecule has 1 N–H and O–H groups in total. The second kappa shape index (κ2) is 16.3. The molecular weight excluding hydrogens is 616 g/mol. The molecule has 5 aliphatic rings. The molecular formula is C41H66N2O6. The van der Waals surface area contributed by atoms with Crippen LogP contribution in [0.25, 0.3) is 0 Å². The third kappa shape index (κ3) is 8.41. The molecule has 0 aromatic carbocycles. The standard InChI is InChI=1S/C41H66N2O6/c1-7-48-38(46)32-25-43(26-36(32)44)37(45)14-9-8-10-23-42-39(47)49-30-19-21-40(5)29(24-30)15-16-31-34-18-17-33(28(4)13-11-12-27(2)3)41(34,6)22-20-35(31)40/h17,27-32,34-35H,7-16,18-26H2,1-6H3,(H,42,47). The number of fused-ring (bicyclic) bond motifs is 5. The lowest BCUT2D eigenvalue weighted by Gasteiger charge is -2.61. The van der Waals surface area contributed by atoms with Gasteiger partial charge in [0.05, 0.1) is 13.2 Å². The van der Waals surface area contributed by atoms with Crippen LogP contribution in [0.15, 0.2) is 11.6 Å². The van der Waals surface area contributed by atoms with E-state index in [9.17, 15) is 19.2 Å². The molecule has 0 aromatic rings. The topological polar surface area (TPSA) is 102 Å². The second-order valence-electron chi connectivity index (χ2n) is 17.3. The quantitative estimate of drug-likeness (QED) is 0.0857. The van der Waals surface area contributed by atoms with Crippen molar-refractivity contribution in [3.8, 4) is 0 Å². The molecule has 4 fully saturated rings. The van der Waals surface area contributed by atoms with Crippen molar-refractivity contribution in [2.75, 3.05) is 26.2 Å². The number of nitrogens with one attached hydrogen (secondary N) is 1. The zero-order valence-corrected chi connectivity index (χ0v) is 31.5. The van der Waals surface area contributed by atoms with Gasteiger partial charge in [0.25, 0.3) is 0 Å². The Hall–Kier alpha value is -2.38. The Morgan fingerprint density at radius 2 is 1.78 bits per heavy atom. The minimum Gasteiger partial charge on any atom is -0.465 e. The fourth-order valence-electron chi connectivity index (χ4n) is 11.1. The number of carbonyl (C=O) groups excluding carboxylic acids is 4. The van der Waals surface area contributed by atoms with E-state index in [1.807, 2.05) is 0 Å². The van der Waals surface area contributed by atoms with Gasteiger partial charge in [-0.3, -0.25) is 14.4 Å². The Kier molecular flexibility index (Phi) is 12.6. The van der Waals surface area contributed by atoms with Gasteiger partial charge >= 0.3 is 12.1 Å². The van der Waals surface area contributed by atoms with Gasteiger partial charge in [0, 0.05) is 19.5 Å². The summed E-state index contributed by atoms with van der Waals surface area (Å²) in [7, 11) is 0. The van der Waals surface area contributed by atoms with E-state index in [4.69, 9.17) is 9.47 Å². The molecule has 2 amide bonds. The van der Waals surface area contributed by atoms with Gasteiger partial charge in [0.2, 0.25) is 5.91 Å². The summed E-state index contributed by atoms with van der Waals surface area (Å²) in [6.07, 6.45) is 18.6. The number of carbonyl (C=O) groups is 4. The number of likely N-dealkylation sites (tertiary alicyclic amines) is 1. The lowest BCUT2D eigenvalue weighted by Crippen LogP contribution is -2.54. The minimum atomic E-state index is -0.855. The van der Waals surface area contributed by atoms with Crippen LogP contribution in [-0.4, -0.2) is 61.0 Å². The zero-order chi connectivity index (χ0) is 35.3. The van der Waals surface area contributed by atoms with E-state index in [1.54, 1.807) is 12.5 Å². The smallest absolute Gasteiger partial charge is 0.407 e. The first-order valence-electron chi connectivity index (χ1n) is 20.0. The van der Waals surface area contributed by atoms with Crippen LogP contribution in [-0.2, 0) is 23.9 Å². The molecule has 1 aliphatic heterocycles. The maximum absolute atomic E-state index is 12.7. The molecule has 0 spiro atoms. The molecule has 0 bridgehead atoms. The number of hydrogen-bond acceptors (Lipinski definition) is 6. The molecule has 1 saturated heterocycles. The van der Waals surface area contributed by atoms with Gasteiger partial charge in [-0.15, -0.1) is 0 Å². The molecule has 9 unspecified atom stereocenters. The molecule has 9 atom stereocenters. The Morgan fingerprint density at radius 3 is 2.53 bits per heavy atom. The van der Waals surface area contributed by atoms with Gasteiger partial charge in [-0.1, -0.05) is 65.5 Å². The van der Waals surface area contributed by atoms with Crippen molar-refractivity contribution in [1.29, 1.82) is 0 Å². The molecule has 3 saturated carbocycles. The number of alkyl carbamates (subject to hydrolysis) is 1. The van der Waals surface area contributed by atoms with Gasteiger partial charge < -0.3 is 19.7 Å². The minimum absolute atomic E-state index is 0.00542. The van der Waals surface area contributed by atoms with Crippen LogP contribution >= 0.6 is 0 Å². The van der Waals surface area contributed by atoms with E-state index in [0.717, 1.165) is 55.8 Å². The Bertz CT molecular complexity index is 1230. The van der Waals surface area contributed by atoms with E-state index in [1.165, 1.54) is 56.3 Å². The molecule has 0 radical (unpaired) electrons. The van der Waals surface area contributed by atoms with E-state index < -0.39 is 11.9 Å². The van der Waals surface area contributed by atoms with Gasteiger partial charge in [0.15, 0.2) is 5.78 Å². The SMILES string of the molecule is CCOC(=O)C1CN(C(=O)CCCCCNC(=O)OC2CCC3(C)C(CCC4C5CC=C(C(C)CCCC(C)C)C5(C)CCC43)C2)CC1=O. The van der Waals surface area contributed by atoms with Crippen LogP contribution in [0, 0.1) is 52.3 Å². The van der Waals surface area contributed by atoms with E-state index in [2.05, 4.69) is 46.0 Å². The average molecular weight is 683 g/mol. The molecule has 8 nitrogen and oxygen atoms in total.